The van der Waals surface area contributed by atoms with Gasteiger partial charge in [0.15, 0.2) is 5.69 Å². The molecule has 1 aromatic rings. The van der Waals surface area contributed by atoms with E-state index in [-0.39, 0.29) is 17.8 Å². The number of nitrogens with one attached hydrogen (secondary N) is 1. The molecule has 0 aromatic carbocycles. The third-order valence-corrected chi connectivity index (χ3v) is 3.30. The van der Waals surface area contributed by atoms with Crippen molar-refractivity contribution >= 4 is 5.97 Å². The van der Waals surface area contributed by atoms with Gasteiger partial charge in [0, 0.05) is 25.9 Å². The highest BCUT2D eigenvalue weighted by Crippen LogP contribution is 2.14. The highest BCUT2D eigenvalue weighted by atomic mass is 16.6. The van der Waals surface area contributed by atoms with E-state index in [2.05, 4.69) is 15.6 Å². The molecule has 0 saturated carbocycles. The number of rotatable bonds is 3. The van der Waals surface area contributed by atoms with Crippen LogP contribution in [0.3, 0.4) is 0 Å². The first-order chi connectivity index (χ1) is 8.83. The van der Waals surface area contributed by atoms with Crippen LogP contribution < -0.4 is 5.32 Å². The lowest BCUT2D eigenvalue weighted by molar-refractivity contribution is -0.0163. The number of nitrogens with zero attached hydrogens (tertiary/aromatic N) is 3. The molecule has 7 nitrogen and oxygen atoms in total. The Labute approximate surface area is 104 Å². The third-order valence-electron chi connectivity index (χ3n) is 3.30. The molecule has 2 saturated heterocycles. The van der Waals surface area contributed by atoms with Crippen LogP contribution in [0.5, 0.6) is 0 Å². The normalized spacial score (nSPS) is 21.6. The van der Waals surface area contributed by atoms with Gasteiger partial charge in [-0.3, -0.25) is 0 Å². The Morgan fingerprint density at radius 1 is 1.44 bits per heavy atom. The molecular formula is C11H16N4O3. The van der Waals surface area contributed by atoms with E-state index in [9.17, 15) is 4.79 Å². The summed E-state index contributed by atoms with van der Waals surface area (Å²) in [6, 6.07) is 0.308. The molecule has 0 amide bonds. The fourth-order valence-electron chi connectivity index (χ4n) is 2.01. The van der Waals surface area contributed by atoms with Crippen molar-refractivity contribution in [2.75, 3.05) is 26.3 Å². The number of carbonyl (C=O) groups excluding carboxylic acids is 1. The lowest BCUT2D eigenvalue weighted by Crippen LogP contribution is -2.43. The average molecular weight is 252 g/mol. The first-order valence-corrected chi connectivity index (χ1v) is 6.24. The number of esters is 1. The maximum atomic E-state index is 11.9. The highest BCUT2D eigenvalue weighted by molar-refractivity contribution is 5.86. The summed E-state index contributed by atoms with van der Waals surface area (Å²) in [4.78, 5) is 11.9. The molecule has 0 aliphatic carbocycles. The minimum absolute atomic E-state index is 0.0539. The fraction of sp³-hybridized carbons (Fsp3) is 0.727. The van der Waals surface area contributed by atoms with Gasteiger partial charge >= 0.3 is 5.97 Å². The predicted octanol–water partition coefficient (Wildman–Crippen LogP) is -0.242. The van der Waals surface area contributed by atoms with Crippen LogP contribution >= 0.6 is 0 Å². The molecule has 3 heterocycles. The largest absolute Gasteiger partial charge is 0.457 e. The van der Waals surface area contributed by atoms with Crippen LogP contribution in [0.15, 0.2) is 6.20 Å². The molecule has 0 unspecified atom stereocenters. The smallest absolute Gasteiger partial charge is 0.360 e. The van der Waals surface area contributed by atoms with Crippen molar-refractivity contribution < 1.29 is 14.3 Å². The molecule has 2 fully saturated rings. The maximum absolute atomic E-state index is 11.9. The van der Waals surface area contributed by atoms with Crippen molar-refractivity contribution in [3.63, 3.8) is 0 Å². The molecular weight excluding hydrogens is 236 g/mol. The van der Waals surface area contributed by atoms with E-state index in [4.69, 9.17) is 9.47 Å². The quantitative estimate of drug-likeness (QED) is 0.748. The Balaban J connectivity index is 1.59. The molecule has 3 rings (SSSR count). The molecule has 0 atom stereocenters. The summed E-state index contributed by atoms with van der Waals surface area (Å²) >= 11 is 0. The molecule has 2 aliphatic heterocycles. The molecule has 0 radical (unpaired) electrons. The second-order valence-electron chi connectivity index (χ2n) is 4.61. The second kappa shape index (κ2) is 5.03. The van der Waals surface area contributed by atoms with E-state index in [1.807, 2.05) is 0 Å². The van der Waals surface area contributed by atoms with Gasteiger partial charge in [-0.05, 0) is 0 Å². The number of carbonyl (C=O) groups is 1. The molecule has 18 heavy (non-hydrogen) atoms. The summed E-state index contributed by atoms with van der Waals surface area (Å²) in [6.45, 7) is 3.05. The van der Waals surface area contributed by atoms with E-state index >= 15 is 0 Å². The van der Waals surface area contributed by atoms with Gasteiger partial charge in [-0.1, -0.05) is 5.21 Å². The van der Waals surface area contributed by atoms with Crippen LogP contribution in [0.4, 0.5) is 0 Å². The Hall–Kier alpha value is -1.47. The minimum atomic E-state index is -0.388. The summed E-state index contributed by atoms with van der Waals surface area (Å²) in [5, 5.41) is 11.0. The molecule has 0 bridgehead atoms. The summed E-state index contributed by atoms with van der Waals surface area (Å²) in [5.41, 5.74) is 0.286. The third kappa shape index (κ3) is 2.37. The Morgan fingerprint density at radius 2 is 2.22 bits per heavy atom. The van der Waals surface area contributed by atoms with E-state index in [0.29, 0.717) is 19.3 Å². The van der Waals surface area contributed by atoms with Gasteiger partial charge in [0.2, 0.25) is 0 Å². The molecule has 7 heteroatoms. The van der Waals surface area contributed by atoms with Gasteiger partial charge in [-0.15, -0.1) is 5.10 Å². The molecule has 0 spiro atoms. The lowest BCUT2D eigenvalue weighted by Gasteiger charge is -2.26. The molecule has 98 valence electrons. The van der Waals surface area contributed by atoms with Gasteiger partial charge in [-0.25, -0.2) is 9.48 Å². The van der Waals surface area contributed by atoms with Crippen molar-refractivity contribution in [1.29, 1.82) is 0 Å². The van der Waals surface area contributed by atoms with Crippen LogP contribution in [0, 0.1) is 0 Å². The predicted molar refractivity (Wildman–Crippen MR) is 61.2 cm³/mol. The van der Waals surface area contributed by atoms with Gasteiger partial charge in [0.1, 0.15) is 6.10 Å². The zero-order chi connectivity index (χ0) is 12.4. The van der Waals surface area contributed by atoms with Crippen LogP contribution in [-0.4, -0.2) is 53.4 Å². The first-order valence-electron chi connectivity index (χ1n) is 6.24. The van der Waals surface area contributed by atoms with Crippen LogP contribution in [0.25, 0.3) is 0 Å². The SMILES string of the molecule is O=C(OC1CCOCC1)c1cn(C2CNC2)nn1. The van der Waals surface area contributed by atoms with Crippen LogP contribution in [0.1, 0.15) is 29.4 Å². The minimum Gasteiger partial charge on any atom is -0.457 e. The number of aromatic nitrogens is 3. The van der Waals surface area contributed by atoms with Crippen molar-refractivity contribution in [1.82, 2.24) is 20.3 Å². The number of ether oxygens (including phenoxy) is 2. The van der Waals surface area contributed by atoms with Crippen molar-refractivity contribution in [2.24, 2.45) is 0 Å². The van der Waals surface area contributed by atoms with Gasteiger partial charge in [0.25, 0.3) is 0 Å². The maximum Gasteiger partial charge on any atom is 0.360 e. The zero-order valence-electron chi connectivity index (χ0n) is 10.0. The summed E-state index contributed by atoms with van der Waals surface area (Å²) in [6.07, 6.45) is 3.12. The number of hydrogen-bond acceptors (Lipinski definition) is 6. The van der Waals surface area contributed by atoms with E-state index in [1.54, 1.807) is 10.9 Å². The topological polar surface area (TPSA) is 78.3 Å². The summed E-state index contributed by atoms with van der Waals surface area (Å²) in [7, 11) is 0. The number of hydrogen-bond donors (Lipinski definition) is 1. The van der Waals surface area contributed by atoms with E-state index < -0.39 is 0 Å². The fourth-order valence-corrected chi connectivity index (χ4v) is 2.01. The Bertz CT molecular complexity index is 424. The van der Waals surface area contributed by atoms with Crippen molar-refractivity contribution in [2.45, 2.75) is 25.0 Å². The molecule has 1 aromatic heterocycles. The van der Waals surface area contributed by atoms with Crippen molar-refractivity contribution in [3.8, 4) is 0 Å². The Morgan fingerprint density at radius 3 is 2.89 bits per heavy atom. The first kappa shape index (κ1) is 11.6. The zero-order valence-corrected chi connectivity index (χ0v) is 10.0. The van der Waals surface area contributed by atoms with Crippen LogP contribution in [0.2, 0.25) is 0 Å². The highest BCUT2D eigenvalue weighted by Gasteiger charge is 2.24. The van der Waals surface area contributed by atoms with Gasteiger partial charge < -0.3 is 14.8 Å². The van der Waals surface area contributed by atoms with E-state index in [0.717, 1.165) is 25.9 Å². The molecule has 1 N–H and O–H groups in total. The van der Waals surface area contributed by atoms with Crippen molar-refractivity contribution in [3.05, 3.63) is 11.9 Å². The second-order valence-corrected chi connectivity index (χ2v) is 4.61. The standard InChI is InChI=1S/C11H16N4O3/c16-11(18-9-1-3-17-4-2-9)10-7-15(14-13-10)8-5-12-6-8/h7-9,12H,1-6H2. The average Bonchev–Trinajstić information content (AvgIpc) is 2.77. The molecule has 2 aliphatic rings. The summed E-state index contributed by atoms with van der Waals surface area (Å²) < 4.78 is 12.3. The summed E-state index contributed by atoms with van der Waals surface area (Å²) in [5.74, 6) is -0.388. The monoisotopic (exact) mass is 252 g/mol. The van der Waals surface area contributed by atoms with Gasteiger partial charge in [-0.2, -0.15) is 0 Å². The van der Waals surface area contributed by atoms with Gasteiger partial charge in [0.05, 0.1) is 25.5 Å². The Kier molecular flexibility index (Phi) is 3.24. The lowest BCUT2D eigenvalue weighted by atomic mass is 10.1. The van der Waals surface area contributed by atoms with Crippen LogP contribution in [-0.2, 0) is 9.47 Å². The van der Waals surface area contributed by atoms with E-state index in [1.165, 1.54) is 0 Å².